The Kier molecular flexibility index (Phi) is 7.80. The predicted octanol–water partition coefficient (Wildman–Crippen LogP) is 2.65. The van der Waals surface area contributed by atoms with Gasteiger partial charge in [0, 0.05) is 11.1 Å². The molecule has 0 aliphatic heterocycles. The van der Waals surface area contributed by atoms with Gasteiger partial charge < -0.3 is 22.9 Å². The van der Waals surface area contributed by atoms with E-state index in [0.717, 1.165) is 0 Å². The Balaban J connectivity index is 0.000000199. The molecule has 8 N–H and O–H groups in total. The molecular weight excluding hydrogens is 340 g/mol. The summed E-state index contributed by atoms with van der Waals surface area (Å²) in [5, 5.41) is 0. The van der Waals surface area contributed by atoms with Crippen molar-refractivity contribution in [2.45, 2.75) is 69.9 Å². The van der Waals surface area contributed by atoms with Crippen molar-refractivity contribution in [2.75, 3.05) is 0 Å². The van der Waals surface area contributed by atoms with E-state index in [4.69, 9.17) is 22.9 Å². The highest BCUT2D eigenvalue weighted by Gasteiger charge is 2.39. The Labute approximate surface area is 162 Å². The molecule has 0 atom stereocenters. The maximum absolute atomic E-state index is 10.6. The molecule has 2 fully saturated rings. The van der Waals surface area contributed by atoms with E-state index in [1.54, 1.807) is 6.07 Å². The summed E-state index contributed by atoms with van der Waals surface area (Å²) in [4.78, 5) is 21.3. The van der Waals surface area contributed by atoms with Gasteiger partial charge >= 0.3 is 0 Å². The molecule has 2 saturated carbocycles. The molecule has 2 aliphatic carbocycles. The summed E-state index contributed by atoms with van der Waals surface area (Å²) >= 11 is 0. The summed E-state index contributed by atoms with van der Waals surface area (Å²) < 4.78 is 0. The van der Waals surface area contributed by atoms with E-state index in [1.165, 1.54) is 82.4 Å². The van der Waals surface area contributed by atoms with Crippen LogP contribution in [0.15, 0.2) is 24.3 Å². The van der Waals surface area contributed by atoms with Crippen LogP contribution >= 0.6 is 0 Å². The lowest BCUT2D eigenvalue weighted by molar-refractivity contribution is 0.0999. The fraction of sp³-hybridized carbons (Fsp3) is 0.619. The molecule has 0 saturated heterocycles. The van der Waals surface area contributed by atoms with E-state index in [1.807, 2.05) is 0 Å². The van der Waals surface area contributed by atoms with Crippen LogP contribution in [0.25, 0.3) is 0 Å². The van der Waals surface area contributed by atoms with Crippen LogP contribution in [0, 0.1) is 11.8 Å². The first-order valence-electron chi connectivity index (χ1n) is 10.1. The third-order valence-corrected chi connectivity index (χ3v) is 6.06. The number of primary amides is 2. The number of carbonyl (C=O) groups is 2. The van der Waals surface area contributed by atoms with Crippen LogP contribution in [-0.4, -0.2) is 17.5 Å². The molecular formula is C21H34N4O2. The van der Waals surface area contributed by atoms with Crippen LogP contribution in [-0.2, 0) is 0 Å². The molecule has 27 heavy (non-hydrogen) atoms. The van der Waals surface area contributed by atoms with E-state index in [-0.39, 0.29) is 16.8 Å². The second kappa shape index (κ2) is 9.85. The van der Waals surface area contributed by atoms with E-state index < -0.39 is 11.8 Å². The zero-order chi connectivity index (χ0) is 19.9. The highest BCUT2D eigenvalue weighted by atomic mass is 16.1. The molecule has 6 heteroatoms. The predicted molar refractivity (Wildman–Crippen MR) is 108 cm³/mol. The fourth-order valence-corrected chi connectivity index (χ4v) is 4.36. The molecule has 1 aromatic rings. The SMILES string of the molecule is NC(=O)c1cccc(C(N)=O)c1.NC(N)(C1CCCCC1)C1CCCCC1. The molecule has 2 amide bonds. The van der Waals surface area contributed by atoms with E-state index in [0.29, 0.717) is 11.8 Å². The van der Waals surface area contributed by atoms with Gasteiger partial charge in [0.15, 0.2) is 0 Å². The summed E-state index contributed by atoms with van der Waals surface area (Å²) in [6, 6.07) is 5.97. The second-order valence-electron chi connectivity index (χ2n) is 7.98. The number of amides is 2. The van der Waals surface area contributed by atoms with Crippen LogP contribution in [0.3, 0.4) is 0 Å². The van der Waals surface area contributed by atoms with Crippen molar-refractivity contribution in [3.63, 3.8) is 0 Å². The molecule has 0 radical (unpaired) electrons. The van der Waals surface area contributed by atoms with Crippen molar-refractivity contribution >= 4 is 11.8 Å². The minimum Gasteiger partial charge on any atom is -0.366 e. The van der Waals surface area contributed by atoms with Gasteiger partial charge in [-0.3, -0.25) is 9.59 Å². The molecule has 0 spiro atoms. The summed E-state index contributed by atoms with van der Waals surface area (Å²) in [6.07, 6.45) is 13.2. The lowest BCUT2D eigenvalue weighted by Gasteiger charge is -2.44. The Morgan fingerprint density at radius 3 is 1.44 bits per heavy atom. The first-order valence-corrected chi connectivity index (χ1v) is 10.1. The van der Waals surface area contributed by atoms with Gasteiger partial charge in [-0.15, -0.1) is 0 Å². The molecule has 0 unspecified atom stereocenters. The third kappa shape index (κ3) is 6.04. The highest BCUT2D eigenvalue weighted by Crippen LogP contribution is 2.38. The second-order valence-corrected chi connectivity index (χ2v) is 7.98. The maximum atomic E-state index is 10.6. The summed E-state index contributed by atoms with van der Waals surface area (Å²) in [6.45, 7) is 0. The highest BCUT2D eigenvalue weighted by molar-refractivity contribution is 5.98. The van der Waals surface area contributed by atoms with Gasteiger partial charge in [-0.25, -0.2) is 0 Å². The number of carbonyl (C=O) groups excluding carboxylic acids is 2. The number of rotatable bonds is 4. The van der Waals surface area contributed by atoms with E-state index >= 15 is 0 Å². The average molecular weight is 375 g/mol. The first kappa shape index (κ1) is 21.4. The van der Waals surface area contributed by atoms with Crippen LogP contribution in [0.1, 0.15) is 84.9 Å². The zero-order valence-corrected chi connectivity index (χ0v) is 16.2. The Bertz CT molecular complexity index is 584. The van der Waals surface area contributed by atoms with Crippen LogP contribution in [0.4, 0.5) is 0 Å². The van der Waals surface area contributed by atoms with Crippen LogP contribution in [0.2, 0.25) is 0 Å². The molecule has 150 valence electrons. The van der Waals surface area contributed by atoms with Crippen molar-refractivity contribution in [2.24, 2.45) is 34.8 Å². The first-order chi connectivity index (χ1) is 12.8. The number of hydrogen-bond donors (Lipinski definition) is 4. The molecule has 2 aliphatic rings. The van der Waals surface area contributed by atoms with Gasteiger partial charge in [0.05, 0.1) is 5.66 Å². The zero-order valence-electron chi connectivity index (χ0n) is 16.2. The summed E-state index contributed by atoms with van der Waals surface area (Å²) in [7, 11) is 0. The van der Waals surface area contributed by atoms with Crippen molar-refractivity contribution in [3.05, 3.63) is 35.4 Å². The Morgan fingerprint density at radius 1 is 0.741 bits per heavy atom. The molecule has 0 heterocycles. The van der Waals surface area contributed by atoms with Crippen molar-refractivity contribution in [1.82, 2.24) is 0 Å². The monoisotopic (exact) mass is 374 g/mol. The smallest absolute Gasteiger partial charge is 0.248 e. The Morgan fingerprint density at radius 2 is 1.11 bits per heavy atom. The minimum absolute atomic E-state index is 0.284. The lowest BCUT2D eigenvalue weighted by atomic mass is 9.70. The lowest BCUT2D eigenvalue weighted by Crippen LogP contribution is -2.61. The fourth-order valence-electron chi connectivity index (χ4n) is 4.36. The number of hydrogen-bond acceptors (Lipinski definition) is 4. The average Bonchev–Trinajstić information content (AvgIpc) is 2.70. The number of benzene rings is 1. The molecule has 6 nitrogen and oxygen atoms in total. The van der Waals surface area contributed by atoms with E-state index in [2.05, 4.69) is 0 Å². The van der Waals surface area contributed by atoms with Gasteiger partial charge in [0.2, 0.25) is 11.8 Å². The molecule has 3 rings (SSSR count). The quantitative estimate of drug-likeness (QED) is 0.602. The van der Waals surface area contributed by atoms with Crippen molar-refractivity contribution in [1.29, 1.82) is 0 Å². The van der Waals surface area contributed by atoms with Gasteiger partial charge in [-0.05, 0) is 55.7 Å². The van der Waals surface area contributed by atoms with Gasteiger partial charge in [0.1, 0.15) is 0 Å². The standard InChI is InChI=1S/C13H26N2.C8H8N2O2/c14-13(15,11-7-3-1-4-8-11)12-9-5-2-6-10-12;9-7(11)5-2-1-3-6(4-5)8(10)12/h11-12H,1-10,14-15H2;1-4H,(H2,9,11)(H2,10,12). The van der Waals surface area contributed by atoms with Gasteiger partial charge in [-0.1, -0.05) is 44.6 Å². The minimum atomic E-state index is -0.571. The normalized spacial score (nSPS) is 19.0. The van der Waals surface area contributed by atoms with Crippen molar-refractivity contribution in [3.8, 4) is 0 Å². The largest absolute Gasteiger partial charge is 0.366 e. The van der Waals surface area contributed by atoms with E-state index in [9.17, 15) is 9.59 Å². The molecule has 0 bridgehead atoms. The summed E-state index contributed by atoms with van der Waals surface area (Å²) in [5.41, 5.74) is 23.1. The third-order valence-electron chi connectivity index (χ3n) is 6.06. The van der Waals surface area contributed by atoms with Crippen LogP contribution in [0.5, 0.6) is 0 Å². The topological polar surface area (TPSA) is 138 Å². The maximum Gasteiger partial charge on any atom is 0.248 e. The van der Waals surface area contributed by atoms with Crippen molar-refractivity contribution < 1.29 is 9.59 Å². The van der Waals surface area contributed by atoms with Gasteiger partial charge in [-0.2, -0.15) is 0 Å². The summed E-state index contributed by atoms with van der Waals surface area (Å²) in [5.74, 6) is 0.0416. The Hall–Kier alpha value is -1.92. The number of nitrogens with two attached hydrogens (primary N) is 4. The molecule has 1 aromatic carbocycles. The van der Waals surface area contributed by atoms with Gasteiger partial charge in [0.25, 0.3) is 0 Å². The molecule has 0 aromatic heterocycles. The van der Waals surface area contributed by atoms with Crippen LogP contribution < -0.4 is 22.9 Å².